The van der Waals surface area contributed by atoms with Gasteiger partial charge in [-0.05, 0) is 31.2 Å². The fourth-order valence-electron chi connectivity index (χ4n) is 2.23. The van der Waals surface area contributed by atoms with Gasteiger partial charge in [-0.3, -0.25) is 0 Å². The minimum atomic E-state index is -2.89. The number of benzene rings is 1. The highest BCUT2D eigenvalue weighted by molar-refractivity contribution is 5.89. The number of carbonyl (C=O) groups is 2. The molecule has 132 valence electrons. The van der Waals surface area contributed by atoms with Crippen LogP contribution in [0.5, 0.6) is 5.75 Å². The fourth-order valence-corrected chi connectivity index (χ4v) is 2.23. The third kappa shape index (κ3) is 4.97. The first-order valence-corrected chi connectivity index (χ1v) is 7.52. The molecule has 1 N–H and O–H groups in total. The first-order valence-electron chi connectivity index (χ1n) is 7.52. The summed E-state index contributed by atoms with van der Waals surface area (Å²) in [6.07, 6.45) is -0.382. The number of carbonyl (C=O) groups excluding carboxylic acids is 2. The zero-order valence-corrected chi connectivity index (χ0v) is 13.2. The Morgan fingerprint density at radius 1 is 1.12 bits per heavy atom. The molecule has 0 aliphatic carbocycles. The largest absolute Gasteiger partial charge is 0.450 e. The molecule has 3 amide bonds. The van der Waals surface area contributed by atoms with Crippen LogP contribution in [0.15, 0.2) is 24.3 Å². The number of urea groups is 1. The number of amides is 3. The van der Waals surface area contributed by atoms with Gasteiger partial charge in [0, 0.05) is 31.9 Å². The molecule has 1 aliphatic heterocycles. The van der Waals surface area contributed by atoms with E-state index in [4.69, 9.17) is 4.74 Å². The maximum Gasteiger partial charge on any atom is 0.409 e. The van der Waals surface area contributed by atoms with E-state index in [1.165, 1.54) is 24.3 Å². The molecule has 0 unspecified atom stereocenters. The highest BCUT2D eigenvalue weighted by Crippen LogP contribution is 2.18. The molecule has 0 saturated carbocycles. The maximum atomic E-state index is 12.2. The van der Waals surface area contributed by atoms with Gasteiger partial charge in [0.2, 0.25) is 0 Å². The molecule has 1 aliphatic rings. The SMILES string of the molecule is CCOC(=O)N1CCN(C(=O)Nc2ccc(OC(F)F)cc2)CC1. The lowest BCUT2D eigenvalue weighted by Gasteiger charge is -2.34. The predicted molar refractivity (Wildman–Crippen MR) is 82.3 cm³/mol. The molecule has 1 fully saturated rings. The van der Waals surface area contributed by atoms with Gasteiger partial charge in [0.25, 0.3) is 0 Å². The summed E-state index contributed by atoms with van der Waals surface area (Å²) in [5.41, 5.74) is 0.467. The number of alkyl halides is 2. The molecule has 9 heteroatoms. The Labute approximate surface area is 138 Å². The van der Waals surface area contributed by atoms with Crippen LogP contribution < -0.4 is 10.1 Å². The van der Waals surface area contributed by atoms with Crippen molar-refractivity contribution < 1.29 is 27.8 Å². The van der Waals surface area contributed by atoms with Crippen molar-refractivity contribution in [1.82, 2.24) is 9.80 Å². The number of rotatable bonds is 4. The first-order chi connectivity index (χ1) is 11.5. The molecule has 0 aromatic heterocycles. The van der Waals surface area contributed by atoms with Gasteiger partial charge >= 0.3 is 18.7 Å². The van der Waals surface area contributed by atoms with Gasteiger partial charge in [0.1, 0.15) is 5.75 Å². The van der Waals surface area contributed by atoms with E-state index in [2.05, 4.69) is 10.1 Å². The van der Waals surface area contributed by atoms with Crippen LogP contribution in [-0.4, -0.2) is 61.3 Å². The van der Waals surface area contributed by atoms with E-state index in [0.717, 1.165) is 0 Å². The molecule has 0 atom stereocenters. The zero-order chi connectivity index (χ0) is 17.5. The smallest absolute Gasteiger partial charge is 0.409 e. The molecular weight excluding hydrogens is 324 g/mol. The number of hydrogen-bond donors (Lipinski definition) is 1. The predicted octanol–water partition coefficient (Wildman–Crippen LogP) is 2.59. The monoisotopic (exact) mass is 343 g/mol. The number of piperazine rings is 1. The summed E-state index contributed by atoms with van der Waals surface area (Å²) in [5, 5.41) is 2.67. The van der Waals surface area contributed by atoms with Gasteiger partial charge in [-0.2, -0.15) is 8.78 Å². The van der Waals surface area contributed by atoms with Crippen molar-refractivity contribution in [2.75, 3.05) is 38.1 Å². The molecule has 0 bridgehead atoms. The lowest BCUT2D eigenvalue weighted by molar-refractivity contribution is -0.0498. The minimum absolute atomic E-state index is 0.0195. The third-order valence-corrected chi connectivity index (χ3v) is 3.42. The quantitative estimate of drug-likeness (QED) is 0.912. The Balaban J connectivity index is 1.82. The third-order valence-electron chi connectivity index (χ3n) is 3.42. The maximum absolute atomic E-state index is 12.2. The Morgan fingerprint density at radius 3 is 2.25 bits per heavy atom. The van der Waals surface area contributed by atoms with Crippen LogP contribution in [0.4, 0.5) is 24.1 Å². The van der Waals surface area contributed by atoms with Crippen molar-refractivity contribution in [3.05, 3.63) is 24.3 Å². The molecule has 24 heavy (non-hydrogen) atoms. The van der Waals surface area contributed by atoms with Crippen molar-refractivity contribution in [2.45, 2.75) is 13.5 Å². The second kappa shape index (κ2) is 8.32. The van der Waals surface area contributed by atoms with E-state index in [-0.39, 0.29) is 17.9 Å². The van der Waals surface area contributed by atoms with Crippen LogP contribution in [0, 0.1) is 0 Å². The number of halogens is 2. The van der Waals surface area contributed by atoms with Gasteiger partial charge in [-0.25, -0.2) is 9.59 Å². The van der Waals surface area contributed by atoms with E-state index in [1.54, 1.807) is 16.7 Å². The normalized spacial score (nSPS) is 14.5. The summed E-state index contributed by atoms with van der Waals surface area (Å²) in [4.78, 5) is 26.9. The lowest BCUT2D eigenvalue weighted by atomic mass is 10.3. The van der Waals surface area contributed by atoms with Crippen LogP contribution in [0.1, 0.15) is 6.92 Å². The summed E-state index contributed by atoms with van der Waals surface area (Å²) in [6.45, 7) is 0.723. The van der Waals surface area contributed by atoms with Crippen LogP contribution >= 0.6 is 0 Å². The Morgan fingerprint density at radius 2 is 1.71 bits per heavy atom. The van der Waals surface area contributed by atoms with Crippen LogP contribution in [0.25, 0.3) is 0 Å². The van der Waals surface area contributed by atoms with Crippen LogP contribution in [0.2, 0.25) is 0 Å². The zero-order valence-electron chi connectivity index (χ0n) is 13.2. The van der Waals surface area contributed by atoms with Crippen LogP contribution in [-0.2, 0) is 4.74 Å². The van der Waals surface area contributed by atoms with Gasteiger partial charge in [-0.1, -0.05) is 0 Å². The molecule has 7 nitrogen and oxygen atoms in total. The molecule has 0 radical (unpaired) electrons. The van der Waals surface area contributed by atoms with Crippen molar-refractivity contribution in [3.8, 4) is 5.75 Å². The lowest BCUT2D eigenvalue weighted by Crippen LogP contribution is -2.51. The molecular formula is C15H19F2N3O4. The molecule has 2 rings (SSSR count). The van der Waals surface area contributed by atoms with Gasteiger partial charge in [0.05, 0.1) is 6.61 Å². The second-order valence-corrected chi connectivity index (χ2v) is 5.01. The number of ether oxygens (including phenoxy) is 2. The van der Waals surface area contributed by atoms with Gasteiger partial charge in [-0.15, -0.1) is 0 Å². The Bertz CT molecular complexity index is 560. The van der Waals surface area contributed by atoms with E-state index < -0.39 is 6.61 Å². The summed E-state index contributed by atoms with van der Waals surface area (Å²) < 4.78 is 33.3. The molecule has 0 spiro atoms. The van der Waals surface area contributed by atoms with Gasteiger partial charge < -0.3 is 24.6 Å². The minimum Gasteiger partial charge on any atom is -0.450 e. The Kier molecular flexibility index (Phi) is 6.16. The van der Waals surface area contributed by atoms with E-state index in [9.17, 15) is 18.4 Å². The summed E-state index contributed by atoms with van der Waals surface area (Å²) in [7, 11) is 0. The Hall–Kier alpha value is -2.58. The average molecular weight is 343 g/mol. The van der Waals surface area contributed by atoms with Crippen molar-refractivity contribution in [3.63, 3.8) is 0 Å². The number of hydrogen-bond acceptors (Lipinski definition) is 4. The van der Waals surface area contributed by atoms with E-state index in [1.807, 2.05) is 0 Å². The second-order valence-electron chi connectivity index (χ2n) is 5.01. The first kappa shape index (κ1) is 17.8. The molecule has 1 aromatic rings. The number of nitrogens with zero attached hydrogens (tertiary/aromatic N) is 2. The molecule has 1 saturated heterocycles. The van der Waals surface area contributed by atoms with E-state index >= 15 is 0 Å². The van der Waals surface area contributed by atoms with E-state index in [0.29, 0.717) is 38.5 Å². The summed E-state index contributed by atoms with van der Waals surface area (Å²) >= 11 is 0. The average Bonchev–Trinajstić information content (AvgIpc) is 2.56. The highest BCUT2D eigenvalue weighted by Gasteiger charge is 2.24. The topological polar surface area (TPSA) is 71.1 Å². The molecule has 1 aromatic carbocycles. The van der Waals surface area contributed by atoms with Crippen molar-refractivity contribution in [1.29, 1.82) is 0 Å². The molecule has 1 heterocycles. The summed E-state index contributed by atoms with van der Waals surface area (Å²) in [5.74, 6) is 0.0195. The number of anilines is 1. The number of nitrogens with one attached hydrogen (secondary N) is 1. The van der Waals surface area contributed by atoms with Gasteiger partial charge in [0.15, 0.2) is 0 Å². The van der Waals surface area contributed by atoms with Crippen LogP contribution in [0.3, 0.4) is 0 Å². The standard InChI is InChI=1S/C15H19F2N3O4/c1-2-23-15(22)20-9-7-19(8-10-20)14(21)18-11-3-5-12(6-4-11)24-13(16)17/h3-6,13H,2,7-10H2,1H3,(H,18,21). The highest BCUT2D eigenvalue weighted by atomic mass is 19.3. The van der Waals surface area contributed by atoms with Crippen molar-refractivity contribution >= 4 is 17.8 Å². The summed E-state index contributed by atoms with van der Waals surface area (Å²) in [6, 6.07) is 5.33. The van der Waals surface area contributed by atoms with Crippen molar-refractivity contribution in [2.24, 2.45) is 0 Å². The fraction of sp³-hybridized carbons (Fsp3) is 0.467.